The highest BCUT2D eigenvalue weighted by molar-refractivity contribution is 14.1. The molecule has 1 aromatic carbocycles. The highest BCUT2D eigenvalue weighted by Gasteiger charge is 2.42. The second-order valence-electron chi connectivity index (χ2n) is 6.17. The minimum atomic E-state index is -5.94. The highest BCUT2D eigenvalue weighted by Crippen LogP contribution is 2.33. The van der Waals surface area contributed by atoms with Crippen LogP contribution in [-0.4, -0.2) is 36.7 Å². The average Bonchev–Trinajstić information content (AvgIpc) is 2.60. The molecule has 0 radical (unpaired) electrons. The third-order valence-corrected chi connectivity index (χ3v) is 6.08. The van der Waals surface area contributed by atoms with Crippen molar-refractivity contribution in [3.8, 4) is 0 Å². The van der Waals surface area contributed by atoms with Gasteiger partial charge in [0.1, 0.15) is 0 Å². The van der Waals surface area contributed by atoms with Gasteiger partial charge in [-0.1, -0.05) is 25.0 Å². The van der Waals surface area contributed by atoms with Crippen molar-refractivity contribution in [1.82, 2.24) is 0 Å². The Labute approximate surface area is 168 Å². The SMILES string of the molecule is O=C(Nc1ccccc1I)C1CCCCC1C(=O)OCC(F)(F)S(=O)(=O)[O-]. The van der Waals surface area contributed by atoms with Crippen LogP contribution in [0.4, 0.5) is 14.5 Å². The number of hydrogen-bond donors (Lipinski definition) is 1. The summed E-state index contributed by atoms with van der Waals surface area (Å²) in [5.41, 5.74) is 0.560. The van der Waals surface area contributed by atoms with E-state index in [0.29, 0.717) is 24.9 Å². The fourth-order valence-corrected chi connectivity index (χ4v) is 3.57. The maximum absolute atomic E-state index is 13.2. The number of alkyl halides is 2. The smallest absolute Gasteiger partial charge is 0.367 e. The summed E-state index contributed by atoms with van der Waals surface area (Å²) in [5.74, 6) is -3.32. The van der Waals surface area contributed by atoms with Gasteiger partial charge in [-0.2, -0.15) is 8.78 Å². The lowest BCUT2D eigenvalue weighted by Crippen LogP contribution is -2.40. The van der Waals surface area contributed by atoms with E-state index < -0.39 is 45.7 Å². The van der Waals surface area contributed by atoms with E-state index in [0.717, 1.165) is 3.57 Å². The minimum Gasteiger partial charge on any atom is -0.743 e. The van der Waals surface area contributed by atoms with Crippen molar-refractivity contribution in [2.45, 2.75) is 30.9 Å². The number of amides is 1. The van der Waals surface area contributed by atoms with Crippen LogP contribution in [0.5, 0.6) is 0 Å². The zero-order valence-electron chi connectivity index (χ0n) is 14.0. The molecule has 2 rings (SSSR count). The van der Waals surface area contributed by atoms with Crippen LogP contribution >= 0.6 is 22.6 Å². The summed E-state index contributed by atoms with van der Waals surface area (Å²) in [5, 5.41) is -2.00. The van der Waals surface area contributed by atoms with Crippen molar-refractivity contribution in [2.75, 3.05) is 11.9 Å². The predicted octanol–water partition coefficient (Wildman–Crippen LogP) is 2.72. The fourth-order valence-electron chi connectivity index (χ4n) is 2.85. The molecule has 0 saturated heterocycles. The maximum Gasteiger partial charge on any atom is 0.367 e. The van der Waals surface area contributed by atoms with E-state index in [9.17, 15) is 31.3 Å². The number of nitrogens with one attached hydrogen (secondary N) is 1. The van der Waals surface area contributed by atoms with Gasteiger partial charge in [0.2, 0.25) is 5.91 Å². The zero-order chi connectivity index (χ0) is 20.2. The summed E-state index contributed by atoms with van der Waals surface area (Å²) in [4.78, 5) is 24.8. The van der Waals surface area contributed by atoms with E-state index in [1.807, 2.05) is 22.6 Å². The molecule has 1 amide bonds. The van der Waals surface area contributed by atoms with Crippen LogP contribution < -0.4 is 5.32 Å². The fraction of sp³-hybridized carbons (Fsp3) is 0.500. The Morgan fingerprint density at radius 2 is 1.81 bits per heavy atom. The molecule has 11 heteroatoms. The molecular formula is C16H17F2INO6S-. The summed E-state index contributed by atoms with van der Waals surface area (Å²) in [6.45, 7) is -1.86. The average molecular weight is 516 g/mol. The Morgan fingerprint density at radius 1 is 1.22 bits per heavy atom. The Balaban J connectivity index is 2.06. The molecule has 150 valence electrons. The second kappa shape index (κ2) is 8.78. The molecule has 1 fully saturated rings. The molecule has 1 aliphatic rings. The van der Waals surface area contributed by atoms with Gasteiger partial charge in [-0.3, -0.25) is 9.59 Å². The van der Waals surface area contributed by atoms with E-state index in [-0.39, 0.29) is 6.42 Å². The summed E-state index contributed by atoms with van der Waals surface area (Å²) in [6.07, 6.45) is 1.89. The van der Waals surface area contributed by atoms with E-state index in [2.05, 4.69) is 10.1 Å². The van der Waals surface area contributed by atoms with E-state index in [1.54, 1.807) is 24.3 Å². The number of carbonyl (C=O) groups excluding carboxylic acids is 2. The number of anilines is 1. The zero-order valence-corrected chi connectivity index (χ0v) is 17.0. The Kier molecular flexibility index (Phi) is 7.14. The van der Waals surface area contributed by atoms with Crippen LogP contribution in [-0.2, 0) is 24.4 Å². The molecule has 2 unspecified atom stereocenters. The van der Waals surface area contributed by atoms with Crippen LogP contribution in [0.2, 0.25) is 0 Å². The molecule has 0 bridgehead atoms. The van der Waals surface area contributed by atoms with Gasteiger partial charge in [-0.05, 0) is 47.6 Å². The summed E-state index contributed by atoms with van der Waals surface area (Å²) >= 11 is 2.04. The van der Waals surface area contributed by atoms with Crippen LogP contribution in [0, 0.1) is 15.4 Å². The summed E-state index contributed by atoms with van der Waals surface area (Å²) in [7, 11) is -5.94. The first-order chi connectivity index (χ1) is 12.5. The van der Waals surface area contributed by atoms with Gasteiger partial charge in [0.25, 0.3) is 0 Å². The number of benzene rings is 1. The van der Waals surface area contributed by atoms with Gasteiger partial charge >= 0.3 is 11.2 Å². The molecule has 0 aliphatic heterocycles. The number of ether oxygens (including phenoxy) is 1. The summed E-state index contributed by atoms with van der Waals surface area (Å²) in [6, 6.07) is 7.00. The van der Waals surface area contributed by atoms with Gasteiger partial charge in [0.15, 0.2) is 16.7 Å². The molecule has 1 aromatic rings. The molecule has 1 N–H and O–H groups in total. The quantitative estimate of drug-likeness (QED) is 0.354. The van der Waals surface area contributed by atoms with Crippen LogP contribution in [0.1, 0.15) is 25.7 Å². The largest absolute Gasteiger partial charge is 0.743 e. The topological polar surface area (TPSA) is 113 Å². The van der Waals surface area contributed by atoms with E-state index in [1.165, 1.54) is 0 Å². The predicted molar refractivity (Wildman–Crippen MR) is 98.8 cm³/mol. The molecule has 1 saturated carbocycles. The lowest BCUT2D eigenvalue weighted by molar-refractivity contribution is -0.159. The van der Waals surface area contributed by atoms with Crippen molar-refractivity contribution >= 4 is 50.3 Å². The third kappa shape index (κ3) is 5.57. The molecule has 27 heavy (non-hydrogen) atoms. The number of rotatable bonds is 6. The number of para-hydroxylation sites is 1. The van der Waals surface area contributed by atoms with Crippen molar-refractivity contribution in [3.05, 3.63) is 27.8 Å². The molecule has 0 spiro atoms. The first-order valence-corrected chi connectivity index (χ1v) is 10.6. The molecule has 7 nitrogen and oxygen atoms in total. The van der Waals surface area contributed by atoms with Crippen LogP contribution in [0.25, 0.3) is 0 Å². The van der Waals surface area contributed by atoms with Crippen molar-refractivity contribution < 1.29 is 36.1 Å². The third-order valence-electron chi connectivity index (χ3n) is 4.29. The van der Waals surface area contributed by atoms with Crippen molar-refractivity contribution in [2.24, 2.45) is 11.8 Å². The van der Waals surface area contributed by atoms with Gasteiger partial charge in [-0.15, -0.1) is 0 Å². The first-order valence-electron chi connectivity index (χ1n) is 8.08. The standard InChI is InChI=1S/C16H18F2INO6S/c17-16(18,27(23,24)25)9-26-15(22)11-6-2-1-5-10(11)14(21)20-13-8-4-3-7-12(13)19/h3-4,7-8,10-11H,1-2,5-6,9H2,(H,20,21)(H,23,24,25)/p-1. The Bertz CT molecular complexity index is 817. The lowest BCUT2D eigenvalue weighted by Gasteiger charge is -2.29. The van der Waals surface area contributed by atoms with Gasteiger partial charge in [-0.25, -0.2) is 8.42 Å². The molecule has 0 aromatic heterocycles. The van der Waals surface area contributed by atoms with Crippen LogP contribution in [0.3, 0.4) is 0 Å². The van der Waals surface area contributed by atoms with Crippen LogP contribution in [0.15, 0.2) is 24.3 Å². The molecule has 2 atom stereocenters. The Hall–Kier alpha value is -1.34. The van der Waals surface area contributed by atoms with E-state index >= 15 is 0 Å². The van der Waals surface area contributed by atoms with Gasteiger partial charge in [0, 0.05) is 3.57 Å². The highest BCUT2D eigenvalue weighted by atomic mass is 127. The number of esters is 1. The van der Waals surface area contributed by atoms with Crippen molar-refractivity contribution in [3.63, 3.8) is 0 Å². The minimum absolute atomic E-state index is 0.249. The number of carbonyl (C=O) groups is 2. The van der Waals surface area contributed by atoms with Gasteiger partial charge in [0.05, 0.1) is 17.5 Å². The van der Waals surface area contributed by atoms with Gasteiger partial charge < -0.3 is 14.6 Å². The second-order valence-corrected chi connectivity index (χ2v) is 8.83. The maximum atomic E-state index is 13.2. The normalized spacial score (nSPS) is 20.7. The molecule has 1 aliphatic carbocycles. The Morgan fingerprint density at radius 3 is 2.41 bits per heavy atom. The monoisotopic (exact) mass is 516 g/mol. The number of halogens is 3. The lowest BCUT2D eigenvalue weighted by atomic mass is 9.78. The molecule has 0 heterocycles. The van der Waals surface area contributed by atoms with Crippen molar-refractivity contribution in [1.29, 1.82) is 0 Å². The number of hydrogen-bond acceptors (Lipinski definition) is 6. The van der Waals surface area contributed by atoms with E-state index in [4.69, 9.17) is 0 Å². The molecular weight excluding hydrogens is 499 g/mol. The summed E-state index contributed by atoms with van der Waals surface area (Å²) < 4.78 is 63.0. The first kappa shape index (κ1) is 22.0.